The van der Waals surface area contributed by atoms with E-state index in [1.807, 2.05) is 75.4 Å². The van der Waals surface area contributed by atoms with E-state index in [9.17, 15) is 24.3 Å². The Labute approximate surface area is 252 Å². The van der Waals surface area contributed by atoms with Crippen LogP contribution in [0.5, 0.6) is 0 Å². The summed E-state index contributed by atoms with van der Waals surface area (Å²) in [6.07, 6.45) is -1.52. The number of ether oxygens (including phenoxy) is 1. The smallest absolute Gasteiger partial charge is 0.328 e. The van der Waals surface area contributed by atoms with Crippen LogP contribution in [0.4, 0.5) is 4.79 Å². The van der Waals surface area contributed by atoms with Gasteiger partial charge in [0.05, 0.1) is 19.0 Å². The molecule has 1 heterocycles. The number of aryl methyl sites for hydroxylation is 1. The van der Waals surface area contributed by atoms with E-state index in [0.29, 0.717) is 6.54 Å². The van der Waals surface area contributed by atoms with Crippen LogP contribution in [0.25, 0.3) is 0 Å². The van der Waals surface area contributed by atoms with Crippen LogP contribution in [0.15, 0.2) is 54.6 Å². The van der Waals surface area contributed by atoms with E-state index in [-0.39, 0.29) is 24.1 Å². The zero-order chi connectivity index (χ0) is 31.0. The van der Waals surface area contributed by atoms with Crippen molar-refractivity contribution in [2.45, 2.75) is 76.6 Å². The average molecular weight is 599 g/mol. The van der Waals surface area contributed by atoms with Gasteiger partial charge < -0.3 is 30.7 Å². The van der Waals surface area contributed by atoms with E-state index in [1.165, 1.54) is 23.8 Å². The third-order valence-corrected chi connectivity index (χ3v) is 8.82. The molecule has 0 aromatic heterocycles. The van der Waals surface area contributed by atoms with E-state index in [4.69, 9.17) is 4.74 Å². The molecule has 2 aromatic rings. The van der Waals surface area contributed by atoms with Gasteiger partial charge in [0.15, 0.2) is 6.10 Å². The second-order valence-electron chi connectivity index (χ2n) is 11.3. The van der Waals surface area contributed by atoms with Gasteiger partial charge in [0.25, 0.3) is 5.91 Å². The molecular weight excluding hydrogens is 556 g/mol. The summed E-state index contributed by atoms with van der Waals surface area (Å²) < 4.78 is 4.19. The number of amides is 4. The summed E-state index contributed by atoms with van der Waals surface area (Å²) in [5.74, 6) is -1.65. The minimum atomic E-state index is -1.66. The van der Waals surface area contributed by atoms with Crippen LogP contribution in [-0.2, 0) is 32.1 Å². The SMILES string of the molecule is COC(=O)C(NC(=O)NC(Cc1ccccc1)C(O)C(=O)N1CSC(C)(C)C1C(=O)NCc1ccccc1C)C(C)C. The quantitative estimate of drug-likeness (QED) is 0.292. The van der Waals surface area contributed by atoms with Crippen molar-refractivity contribution >= 4 is 35.6 Å². The molecule has 10 nitrogen and oxygen atoms in total. The Morgan fingerprint density at radius 2 is 1.69 bits per heavy atom. The molecule has 228 valence electrons. The van der Waals surface area contributed by atoms with E-state index >= 15 is 0 Å². The van der Waals surface area contributed by atoms with Gasteiger partial charge in [-0.3, -0.25) is 9.59 Å². The third-order valence-electron chi connectivity index (χ3n) is 7.45. The van der Waals surface area contributed by atoms with Crippen LogP contribution in [0.2, 0.25) is 0 Å². The van der Waals surface area contributed by atoms with Crippen LogP contribution >= 0.6 is 11.8 Å². The Balaban J connectivity index is 1.80. The maximum atomic E-state index is 13.8. The number of nitrogens with zero attached hydrogens (tertiary/aromatic N) is 1. The molecule has 4 amide bonds. The number of hydrogen-bond acceptors (Lipinski definition) is 7. The van der Waals surface area contributed by atoms with Crippen molar-refractivity contribution in [1.82, 2.24) is 20.9 Å². The molecule has 1 aliphatic heterocycles. The molecule has 0 bridgehead atoms. The fourth-order valence-corrected chi connectivity index (χ4v) is 6.07. The first-order chi connectivity index (χ1) is 19.9. The summed E-state index contributed by atoms with van der Waals surface area (Å²) in [4.78, 5) is 53.9. The minimum Gasteiger partial charge on any atom is -0.467 e. The molecule has 1 saturated heterocycles. The van der Waals surface area contributed by atoms with Crippen molar-refractivity contribution in [2.75, 3.05) is 13.0 Å². The molecule has 42 heavy (non-hydrogen) atoms. The number of nitrogens with one attached hydrogen (secondary N) is 3. The van der Waals surface area contributed by atoms with Crippen LogP contribution < -0.4 is 16.0 Å². The summed E-state index contributed by atoms with van der Waals surface area (Å²) in [7, 11) is 1.24. The molecule has 1 aliphatic rings. The molecule has 2 aromatic carbocycles. The van der Waals surface area contributed by atoms with E-state index in [2.05, 4.69) is 16.0 Å². The second kappa shape index (κ2) is 14.6. The van der Waals surface area contributed by atoms with Crippen molar-refractivity contribution in [3.8, 4) is 0 Å². The van der Waals surface area contributed by atoms with Gasteiger partial charge in [-0.1, -0.05) is 68.4 Å². The number of urea groups is 1. The fourth-order valence-electron chi connectivity index (χ4n) is 4.93. The number of aliphatic hydroxyl groups excluding tert-OH is 1. The van der Waals surface area contributed by atoms with Crippen LogP contribution in [0, 0.1) is 12.8 Å². The molecule has 0 spiro atoms. The second-order valence-corrected chi connectivity index (χ2v) is 12.9. The van der Waals surface area contributed by atoms with Crippen LogP contribution in [0.3, 0.4) is 0 Å². The third kappa shape index (κ3) is 8.25. The number of thioether (sulfide) groups is 1. The van der Waals surface area contributed by atoms with Gasteiger partial charge in [-0.05, 0) is 49.8 Å². The first-order valence-corrected chi connectivity index (χ1v) is 15.0. The number of methoxy groups -OCH3 is 1. The normalized spacial score (nSPS) is 18.1. The van der Waals surface area contributed by atoms with Crippen molar-refractivity contribution in [3.63, 3.8) is 0 Å². The molecule has 4 N–H and O–H groups in total. The van der Waals surface area contributed by atoms with Crippen molar-refractivity contribution in [2.24, 2.45) is 5.92 Å². The Morgan fingerprint density at radius 1 is 1.05 bits per heavy atom. The lowest BCUT2D eigenvalue weighted by molar-refractivity contribution is -0.147. The van der Waals surface area contributed by atoms with E-state index in [1.54, 1.807) is 13.8 Å². The Hall–Kier alpha value is -3.57. The highest BCUT2D eigenvalue weighted by Crippen LogP contribution is 2.40. The van der Waals surface area contributed by atoms with Gasteiger partial charge >= 0.3 is 12.0 Å². The molecule has 0 saturated carbocycles. The van der Waals surface area contributed by atoms with Crippen molar-refractivity contribution in [1.29, 1.82) is 0 Å². The number of carbonyl (C=O) groups is 4. The highest BCUT2D eigenvalue weighted by molar-refractivity contribution is 8.00. The highest BCUT2D eigenvalue weighted by Gasteiger charge is 2.49. The Bertz CT molecular complexity index is 1250. The summed E-state index contributed by atoms with van der Waals surface area (Å²) >= 11 is 1.44. The number of hydrogen-bond donors (Lipinski definition) is 4. The number of rotatable bonds is 11. The summed E-state index contributed by atoms with van der Waals surface area (Å²) in [6, 6.07) is 13.3. The highest BCUT2D eigenvalue weighted by atomic mass is 32.2. The lowest BCUT2D eigenvalue weighted by atomic mass is 9.97. The van der Waals surface area contributed by atoms with E-state index < -0.39 is 46.9 Å². The van der Waals surface area contributed by atoms with Crippen LogP contribution in [0.1, 0.15) is 44.4 Å². The zero-order valence-corrected chi connectivity index (χ0v) is 25.9. The minimum absolute atomic E-state index is 0.139. The fraction of sp³-hybridized carbons (Fsp3) is 0.484. The summed E-state index contributed by atoms with van der Waals surface area (Å²) in [5.41, 5.74) is 2.80. The maximum Gasteiger partial charge on any atom is 0.328 e. The molecule has 4 unspecified atom stereocenters. The van der Waals surface area contributed by atoms with Crippen LogP contribution in [-0.4, -0.2) is 75.8 Å². The lowest BCUT2D eigenvalue weighted by Crippen LogP contribution is -2.60. The molecule has 0 radical (unpaired) electrons. The van der Waals surface area contributed by atoms with Gasteiger partial charge in [-0.15, -0.1) is 11.8 Å². The number of benzene rings is 2. The van der Waals surface area contributed by atoms with Gasteiger partial charge in [0, 0.05) is 11.3 Å². The van der Waals surface area contributed by atoms with E-state index in [0.717, 1.165) is 16.7 Å². The van der Waals surface area contributed by atoms with Gasteiger partial charge in [-0.25, -0.2) is 9.59 Å². The maximum absolute atomic E-state index is 13.8. The molecular formula is C31H42N4O6S. The molecule has 0 aliphatic carbocycles. The zero-order valence-electron chi connectivity index (χ0n) is 25.0. The molecule has 4 atom stereocenters. The number of carbonyl (C=O) groups excluding carboxylic acids is 4. The summed E-state index contributed by atoms with van der Waals surface area (Å²) in [5, 5.41) is 19.6. The largest absolute Gasteiger partial charge is 0.467 e. The predicted molar refractivity (Wildman–Crippen MR) is 162 cm³/mol. The van der Waals surface area contributed by atoms with Gasteiger partial charge in [0.2, 0.25) is 5.91 Å². The monoisotopic (exact) mass is 598 g/mol. The Kier molecular flexibility index (Phi) is 11.4. The number of esters is 1. The Morgan fingerprint density at radius 3 is 2.31 bits per heavy atom. The first kappa shape index (κ1) is 32.9. The first-order valence-electron chi connectivity index (χ1n) is 14.0. The average Bonchev–Trinajstić information content (AvgIpc) is 3.28. The lowest BCUT2D eigenvalue weighted by Gasteiger charge is -2.33. The topological polar surface area (TPSA) is 137 Å². The van der Waals surface area contributed by atoms with Gasteiger partial charge in [0.1, 0.15) is 12.1 Å². The summed E-state index contributed by atoms with van der Waals surface area (Å²) in [6.45, 7) is 9.58. The molecule has 3 rings (SSSR count). The molecule has 1 fully saturated rings. The number of aliphatic hydroxyl groups is 1. The van der Waals surface area contributed by atoms with Gasteiger partial charge in [-0.2, -0.15) is 0 Å². The standard InChI is InChI=1S/C31H42N4O6S/c1-19(2)24(29(39)41-6)34-30(40)33-23(16-21-13-8-7-9-14-21)25(36)28(38)35-18-42-31(4,5)26(35)27(37)32-17-22-15-11-10-12-20(22)3/h7-15,19,23-26,36H,16-18H2,1-6H3,(H,32,37)(H2,33,34,40). The van der Waals surface area contributed by atoms with Crippen molar-refractivity contribution < 1.29 is 29.0 Å². The van der Waals surface area contributed by atoms with Crippen molar-refractivity contribution in [3.05, 3.63) is 71.3 Å². The molecule has 11 heteroatoms. The predicted octanol–water partition coefficient (Wildman–Crippen LogP) is 2.76.